The van der Waals surface area contributed by atoms with Gasteiger partial charge in [0.15, 0.2) is 0 Å². The summed E-state index contributed by atoms with van der Waals surface area (Å²) in [5.41, 5.74) is -1.62. The van der Waals surface area contributed by atoms with Crippen LogP contribution in [0, 0.1) is 6.92 Å². The van der Waals surface area contributed by atoms with Crippen LogP contribution >= 0.6 is 11.8 Å². The van der Waals surface area contributed by atoms with Crippen molar-refractivity contribution in [3.05, 3.63) is 21.7 Å². The molecule has 0 aromatic carbocycles. The average Bonchev–Trinajstić information content (AvgIpc) is 2.25. The van der Waals surface area contributed by atoms with Crippen LogP contribution < -0.4 is 11.0 Å². The van der Waals surface area contributed by atoms with Crippen LogP contribution in [-0.4, -0.2) is 38.4 Å². The number of nitrogens with zero attached hydrogens (tertiary/aromatic N) is 1. The Bertz CT molecular complexity index is 573. The van der Waals surface area contributed by atoms with Crippen molar-refractivity contribution < 1.29 is 9.90 Å². The number of nitrogens with one attached hydrogen (secondary N) is 2. The molecule has 0 unspecified atom stereocenters. The molecular weight excluding hydrogens is 278 g/mol. The molecule has 1 aromatic heterocycles. The molecule has 0 radical (unpaired) electrons. The van der Waals surface area contributed by atoms with Gasteiger partial charge in [-0.1, -0.05) is 0 Å². The SMILES string of the molecule is CSc1nc(=O)[nH]c(C)c1C(=O)NC(C)(C)C(C)(C)O. The Morgan fingerprint density at radius 2 is 1.90 bits per heavy atom. The van der Waals surface area contributed by atoms with Crippen LogP contribution in [0.3, 0.4) is 0 Å². The minimum atomic E-state index is -1.09. The van der Waals surface area contributed by atoms with Crippen molar-refractivity contribution >= 4 is 17.7 Å². The molecule has 0 saturated carbocycles. The van der Waals surface area contributed by atoms with Crippen LogP contribution in [0.5, 0.6) is 0 Å². The zero-order valence-electron chi connectivity index (χ0n) is 12.6. The number of carbonyl (C=O) groups excluding carboxylic acids is 1. The third-order valence-electron chi connectivity index (χ3n) is 3.46. The summed E-state index contributed by atoms with van der Waals surface area (Å²) in [7, 11) is 0. The van der Waals surface area contributed by atoms with Gasteiger partial charge in [0, 0.05) is 5.69 Å². The number of aryl methyl sites for hydroxylation is 1. The zero-order valence-corrected chi connectivity index (χ0v) is 13.4. The molecule has 1 heterocycles. The fourth-order valence-electron chi connectivity index (χ4n) is 1.47. The summed E-state index contributed by atoms with van der Waals surface area (Å²) >= 11 is 1.23. The molecule has 1 amide bonds. The van der Waals surface area contributed by atoms with Crippen molar-refractivity contribution in [2.75, 3.05) is 6.26 Å². The van der Waals surface area contributed by atoms with Gasteiger partial charge in [-0.25, -0.2) is 4.79 Å². The summed E-state index contributed by atoms with van der Waals surface area (Å²) < 4.78 is 0. The van der Waals surface area contributed by atoms with Crippen molar-refractivity contribution in [3.63, 3.8) is 0 Å². The van der Waals surface area contributed by atoms with E-state index in [0.717, 1.165) is 0 Å². The molecule has 0 fully saturated rings. The van der Waals surface area contributed by atoms with Crippen molar-refractivity contribution in [1.29, 1.82) is 0 Å². The van der Waals surface area contributed by atoms with E-state index in [1.165, 1.54) is 11.8 Å². The van der Waals surface area contributed by atoms with E-state index >= 15 is 0 Å². The summed E-state index contributed by atoms with van der Waals surface area (Å²) in [6, 6.07) is 0. The van der Waals surface area contributed by atoms with E-state index in [2.05, 4.69) is 15.3 Å². The number of aliphatic hydroxyl groups is 1. The van der Waals surface area contributed by atoms with Gasteiger partial charge in [0.25, 0.3) is 5.91 Å². The van der Waals surface area contributed by atoms with Crippen molar-refractivity contribution in [1.82, 2.24) is 15.3 Å². The Morgan fingerprint density at radius 3 is 2.35 bits per heavy atom. The number of carbonyl (C=O) groups is 1. The van der Waals surface area contributed by atoms with Gasteiger partial charge in [-0.3, -0.25) is 4.79 Å². The van der Waals surface area contributed by atoms with Gasteiger partial charge in [-0.05, 0) is 40.9 Å². The van der Waals surface area contributed by atoms with E-state index in [1.54, 1.807) is 40.9 Å². The Morgan fingerprint density at radius 1 is 1.35 bits per heavy atom. The highest BCUT2D eigenvalue weighted by Gasteiger charge is 2.37. The van der Waals surface area contributed by atoms with Gasteiger partial charge in [-0.2, -0.15) is 4.98 Å². The second-order valence-corrected chi connectivity index (χ2v) is 6.48. The molecule has 0 bridgehead atoms. The maximum absolute atomic E-state index is 12.4. The Kier molecular flexibility index (Phi) is 4.66. The molecule has 6 nitrogen and oxygen atoms in total. The van der Waals surface area contributed by atoms with Gasteiger partial charge in [0.1, 0.15) is 5.03 Å². The fraction of sp³-hybridized carbons (Fsp3) is 0.615. The van der Waals surface area contributed by atoms with Crippen LogP contribution in [0.15, 0.2) is 9.82 Å². The molecule has 7 heteroatoms. The molecule has 0 saturated heterocycles. The second-order valence-electron chi connectivity index (χ2n) is 5.69. The number of hydrogen-bond acceptors (Lipinski definition) is 5. The number of rotatable bonds is 4. The third kappa shape index (κ3) is 3.40. The van der Waals surface area contributed by atoms with Gasteiger partial charge >= 0.3 is 5.69 Å². The minimum absolute atomic E-state index is 0.328. The monoisotopic (exact) mass is 299 g/mol. The second kappa shape index (κ2) is 5.57. The van der Waals surface area contributed by atoms with Crippen molar-refractivity contribution in [3.8, 4) is 0 Å². The molecule has 20 heavy (non-hydrogen) atoms. The lowest BCUT2D eigenvalue weighted by Gasteiger charge is -2.38. The van der Waals surface area contributed by atoms with E-state index < -0.39 is 16.8 Å². The normalized spacial score (nSPS) is 12.3. The van der Waals surface area contributed by atoms with Crippen molar-refractivity contribution in [2.45, 2.75) is 50.8 Å². The van der Waals surface area contributed by atoms with Crippen molar-refractivity contribution in [2.24, 2.45) is 0 Å². The van der Waals surface area contributed by atoms with E-state index in [4.69, 9.17) is 0 Å². The summed E-state index contributed by atoms with van der Waals surface area (Å²) in [6.45, 7) is 8.37. The summed E-state index contributed by atoms with van der Waals surface area (Å²) in [6.07, 6.45) is 1.75. The van der Waals surface area contributed by atoms with Gasteiger partial charge in [0.2, 0.25) is 0 Å². The fourth-order valence-corrected chi connectivity index (χ4v) is 2.10. The number of thioether (sulfide) groups is 1. The lowest BCUT2D eigenvalue weighted by Crippen LogP contribution is -2.57. The highest BCUT2D eigenvalue weighted by molar-refractivity contribution is 7.98. The molecule has 0 aliphatic heterocycles. The highest BCUT2D eigenvalue weighted by Crippen LogP contribution is 2.23. The molecule has 112 valence electrons. The van der Waals surface area contributed by atoms with Gasteiger partial charge in [0.05, 0.1) is 16.7 Å². The van der Waals surface area contributed by atoms with E-state index in [1.807, 2.05) is 0 Å². The first-order valence-electron chi connectivity index (χ1n) is 6.19. The lowest BCUT2D eigenvalue weighted by molar-refractivity contribution is -0.00302. The number of aromatic nitrogens is 2. The summed E-state index contributed by atoms with van der Waals surface area (Å²) in [5.74, 6) is -0.372. The quantitative estimate of drug-likeness (QED) is 0.571. The molecule has 1 rings (SSSR count). The number of H-pyrrole nitrogens is 1. The van der Waals surface area contributed by atoms with Crippen LogP contribution in [0.4, 0.5) is 0 Å². The standard InChI is InChI=1S/C13H21N3O3S/c1-7-8(10(20-6)15-11(18)14-7)9(17)16-12(2,3)13(4,5)19/h19H,1-6H3,(H,16,17)(H,14,15,18). The molecule has 0 aliphatic rings. The zero-order chi connectivity index (χ0) is 15.7. The number of aromatic amines is 1. The molecular formula is C13H21N3O3S. The van der Waals surface area contributed by atoms with Crippen LogP contribution in [0.1, 0.15) is 43.7 Å². The topological polar surface area (TPSA) is 95.1 Å². The third-order valence-corrected chi connectivity index (χ3v) is 4.14. The van der Waals surface area contributed by atoms with Crippen LogP contribution in [-0.2, 0) is 0 Å². The number of hydrogen-bond donors (Lipinski definition) is 3. The average molecular weight is 299 g/mol. The predicted molar refractivity (Wildman–Crippen MR) is 79.2 cm³/mol. The summed E-state index contributed by atoms with van der Waals surface area (Å²) in [5, 5.41) is 13.2. The van der Waals surface area contributed by atoms with Gasteiger partial charge in [-0.15, -0.1) is 11.8 Å². The highest BCUT2D eigenvalue weighted by atomic mass is 32.2. The predicted octanol–water partition coefficient (Wildman–Crippen LogP) is 1.08. The van der Waals surface area contributed by atoms with E-state index in [0.29, 0.717) is 16.3 Å². The molecule has 3 N–H and O–H groups in total. The maximum Gasteiger partial charge on any atom is 0.346 e. The number of amides is 1. The molecule has 0 spiro atoms. The lowest BCUT2D eigenvalue weighted by atomic mass is 9.86. The largest absolute Gasteiger partial charge is 0.388 e. The first kappa shape index (κ1) is 16.7. The van der Waals surface area contributed by atoms with Gasteiger partial charge < -0.3 is 15.4 Å². The molecule has 0 aliphatic carbocycles. The molecule has 1 aromatic rings. The maximum atomic E-state index is 12.4. The Hall–Kier alpha value is -1.34. The van der Waals surface area contributed by atoms with Crippen LogP contribution in [0.2, 0.25) is 0 Å². The van der Waals surface area contributed by atoms with E-state index in [-0.39, 0.29) is 5.91 Å². The smallest absolute Gasteiger partial charge is 0.346 e. The molecule has 0 atom stereocenters. The first-order chi connectivity index (χ1) is 8.99. The Balaban J connectivity index is 3.20. The summed E-state index contributed by atoms with van der Waals surface area (Å²) in [4.78, 5) is 30.1. The Labute approximate surface area is 122 Å². The minimum Gasteiger partial charge on any atom is -0.388 e. The van der Waals surface area contributed by atoms with E-state index in [9.17, 15) is 14.7 Å². The first-order valence-corrected chi connectivity index (χ1v) is 7.42. The van der Waals surface area contributed by atoms with Crippen LogP contribution in [0.25, 0.3) is 0 Å².